The summed E-state index contributed by atoms with van der Waals surface area (Å²) in [6.07, 6.45) is 6.56. The SMILES string of the molecule is CC(C)(C)[Si](O[C@]1(C)CCCCN(c2nc(OC[C@@]34CCCN3C[C@H](F)C4)nc(-c3noc([C@@]4(C)CCCc5sc(N)c(C#N)c54)n3)n2)C1)(c1ccccc1)c1ccccc1. The Bertz CT molecular complexity index is 2380. The molecule has 3 saturated heterocycles. The highest BCUT2D eigenvalue weighted by Gasteiger charge is 2.54. The molecule has 2 N–H and O–H groups in total. The summed E-state index contributed by atoms with van der Waals surface area (Å²) in [7, 11) is -2.93. The van der Waals surface area contributed by atoms with Crippen molar-refractivity contribution in [1.82, 2.24) is 30.0 Å². The van der Waals surface area contributed by atoms with Gasteiger partial charge in [0.15, 0.2) is 0 Å². The van der Waals surface area contributed by atoms with E-state index in [1.165, 1.54) is 21.7 Å². The van der Waals surface area contributed by atoms with Gasteiger partial charge in [-0.25, -0.2) is 4.39 Å². The van der Waals surface area contributed by atoms with Crippen molar-refractivity contribution in [2.45, 2.75) is 120 Å². The van der Waals surface area contributed by atoms with Crippen molar-refractivity contribution in [3.8, 4) is 23.7 Å². The lowest BCUT2D eigenvalue weighted by Crippen LogP contribution is -2.70. The molecular formula is C46H56FN9O3SSi. The van der Waals surface area contributed by atoms with Gasteiger partial charge in [-0.05, 0) is 87.2 Å². The highest BCUT2D eigenvalue weighted by atomic mass is 32.1. The summed E-state index contributed by atoms with van der Waals surface area (Å²) in [5.41, 5.74) is 5.99. The van der Waals surface area contributed by atoms with Gasteiger partial charge in [-0.2, -0.15) is 25.2 Å². The van der Waals surface area contributed by atoms with E-state index in [1.54, 1.807) is 0 Å². The van der Waals surface area contributed by atoms with Crippen LogP contribution in [0.2, 0.25) is 5.04 Å². The summed E-state index contributed by atoms with van der Waals surface area (Å²) < 4.78 is 35.3. The maximum Gasteiger partial charge on any atom is 0.321 e. The largest absolute Gasteiger partial charge is 0.461 e. The number of aromatic nitrogens is 5. The van der Waals surface area contributed by atoms with E-state index in [0.29, 0.717) is 48.5 Å². The first kappa shape index (κ1) is 41.6. The molecule has 0 amide bonds. The number of nitrogens with zero attached hydrogens (tertiary/aromatic N) is 8. The van der Waals surface area contributed by atoms with Crippen molar-refractivity contribution in [3.63, 3.8) is 0 Å². The summed E-state index contributed by atoms with van der Waals surface area (Å²) in [5.74, 6) is 1.23. The molecule has 3 aliphatic heterocycles. The Hall–Kier alpha value is -4.75. The van der Waals surface area contributed by atoms with Gasteiger partial charge in [0, 0.05) is 36.5 Å². The summed E-state index contributed by atoms with van der Waals surface area (Å²) >= 11 is 1.46. The molecule has 0 bridgehead atoms. The first-order chi connectivity index (χ1) is 29.3. The fourth-order valence-corrected chi connectivity index (χ4v) is 16.8. The molecule has 4 atom stereocenters. The van der Waals surface area contributed by atoms with Crippen LogP contribution in [0.3, 0.4) is 0 Å². The predicted octanol–water partition coefficient (Wildman–Crippen LogP) is 7.36. The van der Waals surface area contributed by atoms with Crippen molar-refractivity contribution in [2.24, 2.45) is 0 Å². The Labute approximate surface area is 362 Å². The van der Waals surface area contributed by atoms with Crippen LogP contribution in [0.4, 0.5) is 15.3 Å². The lowest BCUT2D eigenvalue weighted by atomic mass is 9.72. The number of hydrogen-bond donors (Lipinski definition) is 1. The number of rotatable bonds is 10. The molecule has 0 spiro atoms. The third-order valence-corrected chi connectivity index (χ3v) is 20.0. The van der Waals surface area contributed by atoms with E-state index in [0.717, 1.165) is 68.4 Å². The quantitative estimate of drug-likeness (QED) is 0.140. The predicted molar refractivity (Wildman–Crippen MR) is 238 cm³/mol. The number of thiophene rings is 1. The van der Waals surface area contributed by atoms with Crippen molar-refractivity contribution in [1.29, 1.82) is 5.26 Å². The van der Waals surface area contributed by atoms with Gasteiger partial charge in [0.2, 0.25) is 23.5 Å². The Morgan fingerprint density at radius 2 is 1.67 bits per heavy atom. The number of aryl methyl sites for hydroxylation is 1. The van der Waals surface area contributed by atoms with Crippen molar-refractivity contribution < 1.29 is 18.1 Å². The molecule has 12 nitrogen and oxygen atoms in total. The number of benzene rings is 2. The van der Waals surface area contributed by atoms with Crippen LogP contribution in [-0.2, 0) is 16.3 Å². The van der Waals surface area contributed by atoms with E-state index < -0.39 is 31.0 Å². The number of nitriles is 1. The van der Waals surface area contributed by atoms with E-state index in [-0.39, 0.29) is 29.3 Å². The van der Waals surface area contributed by atoms with E-state index in [1.807, 2.05) is 6.92 Å². The zero-order valence-corrected chi connectivity index (χ0v) is 37.7. The smallest absolute Gasteiger partial charge is 0.321 e. The fraction of sp³-hybridized carbons (Fsp3) is 0.522. The number of hydrogen-bond acceptors (Lipinski definition) is 13. The highest BCUT2D eigenvalue weighted by Crippen LogP contribution is 2.49. The number of anilines is 2. The van der Waals surface area contributed by atoms with Crippen LogP contribution in [0, 0.1) is 11.3 Å². The first-order valence-electron chi connectivity index (χ1n) is 21.8. The Morgan fingerprint density at radius 3 is 2.38 bits per heavy atom. The van der Waals surface area contributed by atoms with Crippen molar-refractivity contribution in [2.75, 3.05) is 43.4 Å². The molecule has 15 heteroatoms. The average molecular weight is 862 g/mol. The molecule has 1 aliphatic carbocycles. The Balaban J connectivity index is 1.10. The summed E-state index contributed by atoms with van der Waals surface area (Å²) in [6.45, 7) is 14.0. The van der Waals surface area contributed by atoms with Crippen LogP contribution < -0.4 is 25.7 Å². The number of nitrogen functional groups attached to an aromatic ring is 1. The number of halogens is 1. The Morgan fingerprint density at radius 1 is 0.934 bits per heavy atom. The Kier molecular flexibility index (Phi) is 10.8. The average Bonchev–Trinajstić information content (AvgIpc) is 4.01. The number of nitrogens with two attached hydrogens (primary N) is 1. The molecule has 3 aromatic heterocycles. The zero-order chi connectivity index (χ0) is 42.6. The molecule has 320 valence electrons. The van der Waals surface area contributed by atoms with Gasteiger partial charge < -0.3 is 24.3 Å². The van der Waals surface area contributed by atoms with Crippen LogP contribution in [-0.4, -0.2) is 88.4 Å². The van der Waals surface area contributed by atoms with Gasteiger partial charge in [0.25, 0.3) is 8.32 Å². The molecule has 6 heterocycles. The van der Waals surface area contributed by atoms with E-state index in [2.05, 4.69) is 109 Å². The van der Waals surface area contributed by atoms with Gasteiger partial charge in [0.1, 0.15) is 23.8 Å². The second-order valence-corrected chi connectivity index (χ2v) is 24.4. The van der Waals surface area contributed by atoms with E-state index in [4.69, 9.17) is 39.4 Å². The monoisotopic (exact) mass is 861 g/mol. The van der Waals surface area contributed by atoms with Gasteiger partial charge in [0.05, 0.1) is 22.1 Å². The maximum atomic E-state index is 14.9. The first-order valence-corrected chi connectivity index (χ1v) is 24.5. The lowest BCUT2D eigenvalue weighted by Gasteiger charge is -2.49. The molecule has 61 heavy (non-hydrogen) atoms. The molecule has 5 aromatic rings. The second kappa shape index (κ2) is 15.9. The second-order valence-electron chi connectivity index (χ2n) is 19.1. The molecule has 2 aromatic carbocycles. The van der Waals surface area contributed by atoms with Crippen molar-refractivity contribution >= 4 is 41.0 Å². The van der Waals surface area contributed by atoms with E-state index in [9.17, 15) is 9.65 Å². The normalized spacial score (nSPS) is 25.8. The third kappa shape index (κ3) is 7.42. The fourth-order valence-electron chi connectivity index (χ4n) is 10.8. The van der Waals surface area contributed by atoms with Gasteiger partial charge >= 0.3 is 6.01 Å². The molecule has 3 fully saturated rings. The summed E-state index contributed by atoms with van der Waals surface area (Å²) in [6, 6.07) is 24.0. The van der Waals surface area contributed by atoms with Crippen LogP contribution in [0.1, 0.15) is 108 Å². The molecule has 0 saturated carbocycles. The minimum atomic E-state index is -2.93. The molecule has 0 unspecified atom stereocenters. The lowest BCUT2D eigenvalue weighted by molar-refractivity contribution is 0.0772. The van der Waals surface area contributed by atoms with Gasteiger partial charge in [-0.3, -0.25) is 4.90 Å². The molecule has 9 rings (SSSR count). The molecular weight excluding hydrogens is 806 g/mol. The standard InChI is InChI=1S/C46H56FN9O3SSi/c1-43(2,3)61(32-16-8-6-9-17-32,33-18-10-7-11-19-33)59-44(4)21-12-13-24-55(29-44)41-51-38(52-42(53-41)57-30-46-23-15-25-56(46)28-31(47)26-46)39-50-40(58-54-39)45(5)22-14-20-35-36(45)34(27-48)37(49)60-35/h6-11,16-19,31H,12-15,20-26,28-30,49H2,1-5H3/t31-,44-,45+,46+/m1/s1. The number of ether oxygens (including phenoxy) is 1. The maximum absolute atomic E-state index is 14.9. The van der Waals surface area contributed by atoms with Gasteiger partial charge in [-0.1, -0.05) is 86.6 Å². The van der Waals surface area contributed by atoms with Crippen LogP contribution >= 0.6 is 11.3 Å². The molecule has 0 radical (unpaired) electrons. The third-order valence-electron chi connectivity index (χ3n) is 13.7. The zero-order valence-electron chi connectivity index (χ0n) is 35.9. The van der Waals surface area contributed by atoms with E-state index >= 15 is 0 Å². The van der Waals surface area contributed by atoms with Gasteiger partial charge in [-0.15, -0.1) is 11.3 Å². The summed E-state index contributed by atoms with van der Waals surface area (Å²) in [5, 5.41) is 17.3. The van der Waals surface area contributed by atoms with Crippen LogP contribution in [0.25, 0.3) is 11.6 Å². The van der Waals surface area contributed by atoms with Crippen molar-refractivity contribution in [3.05, 3.63) is 82.6 Å². The summed E-state index contributed by atoms with van der Waals surface area (Å²) in [4.78, 5) is 25.3. The minimum absolute atomic E-state index is 0.136. The number of fused-ring (bicyclic) bond motifs is 2. The number of alkyl halides is 1. The highest BCUT2D eigenvalue weighted by molar-refractivity contribution is 7.16. The van der Waals surface area contributed by atoms with Crippen LogP contribution in [0.5, 0.6) is 6.01 Å². The molecule has 4 aliphatic rings. The minimum Gasteiger partial charge on any atom is -0.461 e. The van der Waals surface area contributed by atoms with Crippen LogP contribution in [0.15, 0.2) is 65.2 Å². The topological polar surface area (TPSA) is 152 Å².